The monoisotopic (exact) mass is 456 g/mol. The second-order valence-electron chi connectivity index (χ2n) is 5.69. The van der Waals surface area contributed by atoms with E-state index in [-0.39, 0.29) is 18.0 Å². The lowest BCUT2D eigenvalue weighted by atomic mass is 10.0. The van der Waals surface area contributed by atoms with Crippen LogP contribution < -0.4 is 11.1 Å². The zero-order chi connectivity index (χ0) is 19.8. The van der Waals surface area contributed by atoms with Gasteiger partial charge in [0.05, 0.1) is 12.1 Å². The van der Waals surface area contributed by atoms with Gasteiger partial charge in [-0.3, -0.25) is 14.5 Å². The molecule has 2 aliphatic heterocycles. The van der Waals surface area contributed by atoms with Gasteiger partial charge in [-0.05, 0) is 0 Å². The average molecular weight is 457 g/mol. The molecule has 4 N–H and O–H groups in total. The summed E-state index contributed by atoms with van der Waals surface area (Å²) in [5, 5.41) is 21.5. The predicted octanol–water partition coefficient (Wildman–Crippen LogP) is 0.608. The Kier molecular flexibility index (Phi) is 5.27. The minimum absolute atomic E-state index is 0.00857. The molecule has 0 saturated carbocycles. The fourth-order valence-electron chi connectivity index (χ4n) is 2.77. The van der Waals surface area contributed by atoms with E-state index in [1.807, 2.05) is 0 Å². The van der Waals surface area contributed by atoms with Crippen LogP contribution in [0.2, 0.25) is 0 Å². The largest absolute Gasteiger partial charge is 0.477 e. The van der Waals surface area contributed by atoms with Crippen LogP contribution in [0.4, 0.5) is 5.13 Å². The molecule has 0 radical (unpaired) electrons. The van der Waals surface area contributed by atoms with Crippen molar-refractivity contribution in [1.29, 1.82) is 0 Å². The number of thioether (sulfide) groups is 2. The van der Waals surface area contributed by atoms with Crippen LogP contribution in [0.1, 0.15) is 5.69 Å². The first-order valence-electron chi connectivity index (χ1n) is 7.78. The van der Waals surface area contributed by atoms with Crippen molar-refractivity contribution in [2.24, 2.45) is 0 Å². The Morgan fingerprint density at radius 1 is 1.43 bits per heavy atom. The number of carboxylic acids is 1. The second kappa shape index (κ2) is 7.69. The number of nitrogens with one attached hydrogen (secondary N) is 1. The number of carbonyl (C=O) groups excluding carboxylic acids is 2. The summed E-state index contributed by atoms with van der Waals surface area (Å²) in [4.78, 5) is 42.4. The Labute approximate surface area is 174 Å². The lowest BCUT2D eigenvalue weighted by Gasteiger charge is -2.49. The Balaban J connectivity index is 1.47. The van der Waals surface area contributed by atoms with Crippen LogP contribution >= 0.6 is 46.2 Å². The van der Waals surface area contributed by atoms with Crippen molar-refractivity contribution in [2.75, 3.05) is 11.5 Å². The number of nitrogens with zero attached hydrogens (tertiary/aromatic N) is 4. The molecule has 4 heterocycles. The van der Waals surface area contributed by atoms with E-state index in [1.165, 1.54) is 51.1 Å². The second-order valence-corrected chi connectivity index (χ2v) is 9.86. The first-order valence-corrected chi connectivity index (χ1v) is 11.4. The summed E-state index contributed by atoms with van der Waals surface area (Å²) < 4.78 is 0.605. The highest BCUT2D eigenvalue weighted by atomic mass is 32.2. The van der Waals surface area contributed by atoms with Crippen molar-refractivity contribution < 1.29 is 19.5 Å². The fourth-order valence-corrected chi connectivity index (χ4v) is 6.45. The van der Waals surface area contributed by atoms with Crippen molar-refractivity contribution >= 4 is 69.1 Å². The highest BCUT2D eigenvalue weighted by Crippen LogP contribution is 2.45. The highest BCUT2D eigenvalue weighted by Gasteiger charge is 2.54. The summed E-state index contributed by atoms with van der Waals surface area (Å²) in [6.07, 6.45) is 0.00857. The van der Waals surface area contributed by atoms with Crippen molar-refractivity contribution in [2.45, 2.75) is 22.2 Å². The number of anilines is 1. The molecule has 1 fully saturated rings. The van der Waals surface area contributed by atoms with E-state index in [1.54, 1.807) is 10.9 Å². The third-order valence-corrected chi connectivity index (χ3v) is 7.96. The zero-order valence-electron chi connectivity index (χ0n) is 13.9. The van der Waals surface area contributed by atoms with Gasteiger partial charge in [0.1, 0.15) is 22.6 Å². The maximum atomic E-state index is 12.6. The van der Waals surface area contributed by atoms with E-state index in [0.29, 0.717) is 25.8 Å². The molecule has 1 saturated heterocycles. The van der Waals surface area contributed by atoms with Gasteiger partial charge < -0.3 is 16.2 Å². The predicted molar refractivity (Wildman–Crippen MR) is 106 cm³/mol. The third kappa shape index (κ3) is 3.59. The summed E-state index contributed by atoms with van der Waals surface area (Å²) in [7, 11) is 0. The van der Waals surface area contributed by atoms with Gasteiger partial charge in [-0.1, -0.05) is 23.1 Å². The number of rotatable bonds is 6. The van der Waals surface area contributed by atoms with Crippen LogP contribution in [0.5, 0.6) is 0 Å². The summed E-state index contributed by atoms with van der Waals surface area (Å²) in [6.45, 7) is 0. The van der Waals surface area contributed by atoms with Crippen LogP contribution in [0.3, 0.4) is 0 Å². The van der Waals surface area contributed by atoms with Gasteiger partial charge >= 0.3 is 5.97 Å². The van der Waals surface area contributed by atoms with Gasteiger partial charge in [-0.15, -0.1) is 33.3 Å². The molecule has 146 valence electrons. The highest BCUT2D eigenvalue weighted by molar-refractivity contribution is 8.07. The fraction of sp³-hybridized carbons (Fsp3) is 0.286. The zero-order valence-corrected chi connectivity index (χ0v) is 17.2. The lowest BCUT2D eigenvalue weighted by molar-refractivity contribution is -0.150. The first-order chi connectivity index (χ1) is 13.4. The van der Waals surface area contributed by atoms with Crippen molar-refractivity contribution in [3.8, 4) is 0 Å². The number of carboxylic acid groups (broad SMARTS) is 1. The number of hydrogen-bond acceptors (Lipinski definition) is 11. The molecule has 0 bridgehead atoms. The van der Waals surface area contributed by atoms with Crippen LogP contribution in [0.25, 0.3) is 0 Å². The van der Waals surface area contributed by atoms with E-state index in [0.717, 1.165) is 0 Å². The normalized spacial score (nSPS) is 21.3. The summed E-state index contributed by atoms with van der Waals surface area (Å²) in [5.41, 5.74) is 7.57. The number of aromatic nitrogens is 3. The number of hydrogen-bond donors (Lipinski definition) is 3. The Hall–Kier alpha value is -2.16. The van der Waals surface area contributed by atoms with E-state index in [4.69, 9.17) is 5.73 Å². The smallest absolute Gasteiger partial charge is 0.353 e. The minimum atomic E-state index is -1.19. The molecule has 4 rings (SSSR count). The van der Waals surface area contributed by atoms with Crippen LogP contribution in [0, 0.1) is 0 Å². The van der Waals surface area contributed by atoms with E-state index in [2.05, 4.69) is 20.5 Å². The number of amides is 2. The molecule has 10 nitrogen and oxygen atoms in total. The standard InChI is InChI=1S/C14H12N6O4S4/c15-13-17-5(2-26-13)1-7(21)18-8-10(22)20-9(12(23)24)6(3-25-11(8)20)28-14-19-16-4-27-14/h2,4,8,11H,1,3H2,(H2,15,17)(H,18,21)(H,23,24)/t8-,11+/m1/s1. The van der Waals surface area contributed by atoms with E-state index < -0.39 is 23.3 Å². The average Bonchev–Trinajstić information content (AvgIpc) is 3.30. The van der Waals surface area contributed by atoms with Gasteiger partial charge in [-0.2, -0.15) is 0 Å². The minimum Gasteiger partial charge on any atom is -0.477 e. The number of nitrogens with two attached hydrogens (primary N) is 1. The number of carbonyl (C=O) groups is 3. The van der Waals surface area contributed by atoms with Gasteiger partial charge in [0, 0.05) is 16.0 Å². The van der Waals surface area contributed by atoms with Crippen LogP contribution in [-0.4, -0.2) is 60.1 Å². The first kappa shape index (κ1) is 19.2. The third-order valence-electron chi connectivity index (χ3n) is 3.91. The molecule has 0 aromatic carbocycles. The molecule has 2 aromatic heterocycles. The SMILES string of the molecule is Nc1nc(CC(=O)N[C@@H]2C(=O)N3C(C(=O)O)=C(Sc4nncs4)CS[C@@H]23)cs1. The maximum Gasteiger partial charge on any atom is 0.353 e. The summed E-state index contributed by atoms with van der Waals surface area (Å²) >= 11 is 5.12. The summed E-state index contributed by atoms with van der Waals surface area (Å²) in [5.74, 6) is -1.60. The lowest BCUT2D eigenvalue weighted by Crippen LogP contribution is -2.70. The van der Waals surface area contributed by atoms with E-state index in [9.17, 15) is 19.5 Å². The molecule has 0 spiro atoms. The number of β-lactam (4-membered cyclic amide) rings is 1. The van der Waals surface area contributed by atoms with E-state index >= 15 is 0 Å². The molecule has 28 heavy (non-hydrogen) atoms. The number of aliphatic carboxylic acids is 1. The molecule has 2 atom stereocenters. The van der Waals surface area contributed by atoms with Gasteiger partial charge in [0.15, 0.2) is 9.47 Å². The molecule has 0 aliphatic carbocycles. The van der Waals surface area contributed by atoms with Crippen molar-refractivity contribution in [3.63, 3.8) is 0 Å². The van der Waals surface area contributed by atoms with Crippen molar-refractivity contribution in [1.82, 2.24) is 25.4 Å². The van der Waals surface area contributed by atoms with Crippen LogP contribution in [0.15, 0.2) is 25.8 Å². The Morgan fingerprint density at radius 3 is 2.89 bits per heavy atom. The summed E-state index contributed by atoms with van der Waals surface area (Å²) in [6, 6.07) is -0.768. The van der Waals surface area contributed by atoms with Gasteiger partial charge in [-0.25, -0.2) is 9.78 Å². The molecule has 14 heteroatoms. The molecular weight excluding hydrogens is 444 g/mol. The topological polar surface area (TPSA) is 151 Å². The maximum absolute atomic E-state index is 12.6. The van der Waals surface area contributed by atoms with Crippen LogP contribution in [-0.2, 0) is 20.8 Å². The number of fused-ring (bicyclic) bond motifs is 1. The Morgan fingerprint density at radius 2 is 2.25 bits per heavy atom. The number of nitrogen functional groups attached to an aromatic ring is 1. The molecule has 2 amide bonds. The van der Waals surface area contributed by atoms with Crippen molar-refractivity contribution in [3.05, 3.63) is 27.2 Å². The molecule has 2 aromatic rings. The van der Waals surface area contributed by atoms with Gasteiger partial charge in [0.2, 0.25) is 5.91 Å². The molecular formula is C14H12N6O4S4. The number of thiazole rings is 1. The molecule has 2 aliphatic rings. The Bertz CT molecular complexity index is 974. The molecule has 0 unspecified atom stereocenters. The quantitative estimate of drug-likeness (QED) is 0.527. The van der Waals surface area contributed by atoms with Gasteiger partial charge in [0.25, 0.3) is 5.91 Å².